The van der Waals surface area contributed by atoms with Gasteiger partial charge in [0.2, 0.25) is 0 Å². The van der Waals surface area contributed by atoms with Crippen molar-refractivity contribution >= 4 is 5.97 Å². The molecule has 2 saturated heterocycles. The van der Waals surface area contributed by atoms with E-state index in [1.807, 2.05) is 0 Å². The van der Waals surface area contributed by atoms with Crippen LogP contribution in [-0.2, 0) is 33.2 Å². The van der Waals surface area contributed by atoms with E-state index in [9.17, 15) is 40.5 Å². The third kappa shape index (κ3) is 26.3. The van der Waals surface area contributed by atoms with Crippen molar-refractivity contribution < 1.29 is 69.0 Å². The maximum Gasteiger partial charge on any atom is 0.306 e. The van der Waals surface area contributed by atoms with Crippen LogP contribution in [0.1, 0.15) is 200 Å². The highest BCUT2D eigenvalue weighted by atomic mass is 16.7. The maximum absolute atomic E-state index is 13.0. The number of unbranched alkanes of at least 4 members (excludes halogenated alkanes) is 25. The van der Waals surface area contributed by atoms with E-state index in [1.165, 1.54) is 116 Å². The zero-order valence-corrected chi connectivity index (χ0v) is 40.0. The average molecular weight is 919 g/mol. The number of carbonyl (C=O) groups is 1. The molecular formula is C50H94O14. The van der Waals surface area contributed by atoms with Crippen molar-refractivity contribution in [2.75, 3.05) is 33.0 Å². The Hall–Kier alpha value is -1.27. The molecule has 0 aliphatic carbocycles. The fourth-order valence-corrected chi connectivity index (χ4v) is 8.28. The molecule has 0 aromatic rings. The first-order chi connectivity index (χ1) is 31.1. The summed E-state index contributed by atoms with van der Waals surface area (Å²) in [6.07, 6.45) is 22.8. The number of rotatable bonds is 41. The summed E-state index contributed by atoms with van der Waals surface area (Å²) in [5.74, 6) is -0.383. The standard InChI is InChI=1S/C50H94O14/c1-3-5-7-9-11-13-15-17-18-19-20-21-22-24-26-28-30-32-34-59-36-39(62-42(52)33-31-29-27-25-23-16-14-12-10-8-6-4-2)37-60-49-48(58)46(56)44(54)41(64-49)38-61-50-47(57)45(55)43(53)40(35-51)63-50/h12,14,39-41,43-51,53-58H,3-11,13,15-38H2,1-2H3/b14-12-. The molecule has 2 fully saturated rings. The number of ether oxygens (including phenoxy) is 6. The fraction of sp³-hybridized carbons (Fsp3) is 0.940. The van der Waals surface area contributed by atoms with Gasteiger partial charge >= 0.3 is 5.97 Å². The van der Waals surface area contributed by atoms with Gasteiger partial charge in [-0.3, -0.25) is 4.79 Å². The smallest absolute Gasteiger partial charge is 0.306 e. The third-order valence-corrected chi connectivity index (χ3v) is 12.5. The summed E-state index contributed by atoms with van der Waals surface area (Å²) in [6.45, 7) is 3.68. The van der Waals surface area contributed by atoms with Gasteiger partial charge in [-0.15, -0.1) is 0 Å². The quantitative estimate of drug-likeness (QED) is 0.0180. The highest BCUT2D eigenvalue weighted by Crippen LogP contribution is 2.26. The molecule has 2 aliphatic rings. The van der Waals surface area contributed by atoms with Crippen LogP contribution in [0.4, 0.5) is 0 Å². The second-order valence-electron chi connectivity index (χ2n) is 18.3. The Balaban J connectivity index is 1.75. The van der Waals surface area contributed by atoms with Crippen molar-refractivity contribution in [3.8, 4) is 0 Å². The van der Waals surface area contributed by atoms with Crippen LogP contribution in [0.25, 0.3) is 0 Å². The molecule has 0 bridgehead atoms. The molecule has 0 spiro atoms. The van der Waals surface area contributed by atoms with E-state index in [2.05, 4.69) is 26.0 Å². The normalized spacial score (nSPS) is 26.8. The highest BCUT2D eigenvalue weighted by molar-refractivity contribution is 5.69. The predicted octanol–water partition coefficient (Wildman–Crippen LogP) is 7.46. The monoisotopic (exact) mass is 919 g/mol. The molecule has 2 heterocycles. The highest BCUT2D eigenvalue weighted by Gasteiger charge is 2.47. The van der Waals surface area contributed by atoms with Crippen molar-refractivity contribution in [2.45, 2.75) is 268 Å². The predicted molar refractivity (Wildman–Crippen MR) is 247 cm³/mol. The Labute approximate surface area is 386 Å². The van der Waals surface area contributed by atoms with Crippen LogP contribution in [0.5, 0.6) is 0 Å². The number of carbonyl (C=O) groups excluding carboxylic acids is 1. The topological polar surface area (TPSA) is 214 Å². The lowest BCUT2D eigenvalue weighted by molar-refractivity contribution is -0.332. The molecule has 0 saturated carbocycles. The van der Waals surface area contributed by atoms with Crippen LogP contribution in [0.15, 0.2) is 12.2 Å². The van der Waals surface area contributed by atoms with E-state index in [0.29, 0.717) is 13.0 Å². The van der Waals surface area contributed by atoms with Crippen molar-refractivity contribution in [2.24, 2.45) is 0 Å². The number of allylic oxidation sites excluding steroid dienone is 2. The summed E-state index contributed by atoms with van der Waals surface area (Å²) in [7, 11) is 0. The number of hydrogen-bond acceptors (Lipinski definition) is 14. The van der Waals surface area contributed by atoms with E-state index in [4.69, 9.17) is 28.4 Å². The van der Waals surface area contributed by atoms with Gasteiger partial charge in [0.1, 0.15) is 54.9 Å². The molecule has 0 amide bonds. The largest absolute Gasteiger partial charge is 0.457 e. The number of aliphatic hydroxyl groups excluding tert-OH is 7. The zero-order chi connectivity index (χ0) is 46.6. The summed E-state index contributed by atoms with van der Waals surface area (Å²) < 4.78 is 34.2. The summed E-state index contributed by atoms with van der Waals surface area (Å²) in [6, 6.07) is 0. The van der Waals surface area contributed by atoms with Crippen LogP contribution in [-0.4, -0.2) is 142 Å². The molecule has 2 aliphatic heterocycles. The lowest BCUT2D eigenvalue weighted by Crippen LogP contribution is -2.61. The van der Waals surface area contributed by atoms with E-state index < -0.39 is 80.7 Å². The van der Waals surface area contributed by atoms with Gasteiger partial charge in [0.05, 0.1) is 26.4 Å². The Bertz CT molecular complexity index is 1110. The number of esters is 1. The molecule has 7 N–H and O–H groups in total. The third-order valence-electron chi connectivity index (χ3n) is 12.5. The van der Waals surface area contributed by atoms with E-state index in [-0.39, 0.29) is 25.6 Å². The summed E-state index contributed by atoms with van der Waals surface area (Å²) in [5.41, 5.74) is 0. The summed E-state index contributed by atoms with van der Waals surface area (Å²) >= 11 is 0. The second-order valence-corrected chi connectivity index (χ2v) is 18.3. The van der Waals surface area contributed by atoms with E-state index >= 15 is 0 Å². The van der Waals surface area contributed by atoms with Gasteiger partial charge in [0, 0.05) is 13.0 Å². The molecule has 14 heteroatoms. The minimum atomic E-state index is -1.70. The average Bonchev–Trinajstić information content (AvgIpc) is 3.29. The molecule has 14 nitrogen and oxygen atoms in total. The first-order valence-electron chi connectivity index (χ1n) is 25.8. The van der Waals surface area contributed by atoms with Crippen LogP contribution in [0.3, 0.4) is 0 Å². The van der Waals surface area contributed by atoms with Crippen molar-refractivity contribution in [3.63, 3.8) is 0 Å². The number of hydrogen-bond donors (Lipinski definition) is 7. The minimum absolute atomic E-state index is 0.0638. The molecule has 2 rings (SSSR count). The van der Waals surface area contributed by atoms with Gasteiger partial charge < -0.3 is 64.2 Å². The van der Waals surface area contributed by atoms with Gasteiger partial charge in [-0.1, -0.05) is 167 Å². The fourth-order valence-electron chi connectivity index (χ4n) is 8.28. The van der Waals surface area contributed by atoms with Crippen LogP contribution >= 0.6 is 0 Å². The molecule has 0 radical (unpaired) electrons. The Morgan fingerprint density at radius 3 is 1.45 bits per heavy atom. The molecular weight excluding hydrogens is 825 g/mol. The zero-order valence-electron chi connectivity index (χ0n) is 40.0. The number of aliphatic hydroxyl groups is 7. The van der Waals surface area contributed by atoms with Crippen LogP contribution < -0.4 is 0 Å². The van der Waals surface area contributed by atoms with E-state index in [0.717, 1.165) is 57.8 Å². The summed E-state index contributed by atoms with van der Waals surface area (Å²) in [4.78, 5) is 13.0. The molecule has 11 unspecified atom stereocenters. The van der Waals surface area contributed by atoms with Crippen LogP contribution in [0, 0.1) is 0 Å². The second kappa shape index (κ2) is 38.7. The van der Waals surface area contributed by atoms with Gasteiger partial charge in [-0.2, -0.15) is 0 Å². The van der Waals surface area contributed by atoms with Gasteiger partial charge in [-0.05, 0) is 38.5 Å². The Morgan fingerprint density at radius 2 is 0.922 bits per heavy atom. The summed E-state index contributed by atoms with van der Waals surface area (Å²) in [5, 5.41) is 72.1. The minimum Gasteiger partial charge on any atom is -0.457 e. The van der Waals surface area contributed by atoms with E-state index in [1.54, 1.807) is 0 Å². The first-order valence-corrected chi connectivity index (χ1v) is 25.8. The Morgan fingerprint density at radius 1 is 0.500 bits per heavy atom. The van der Waals surface area contributed by atoms with Crippen molar-refractivity contribution in [1.29, 1.82) is 0 Å². The van der Waals surface area contributed by atoms with Crippen molar-refractivity contribution in [1.82, 2.24) is 0 Å². The Kier molecular flexibility index (Phi) is 35.6. The molecule has 0 aromatic heterocycles. The van der Waals surface area contributed by atoms with Gasteiger partial charge in [0.15, 0.2) is 12.6 Å². The van der Waals surface area contributed by atoms with Gasteiger partial charge in [0.25, 0.3) is 0 Å². The van der Waals surface area contributed by atoms with Crippen LogP contribution in [0.2, 0.25) is 0 Å². The molecule has 64 heavy (non-hydrogen) atoms. The lowest BCUT2D eigenvalue weighted by Gasteiger charge is -2.42. The van der Waals surface area contributed by atoms with Crippen molar-refractivity contribution in [3.05, 3.63) is 12.2 Å². The molecule has 0 aromatic carbocycles. The first kappa shape index (κ1) is 58.9. The SMILES string of the molecule is CCCCC/C=C\CCCCCCCC(=O)OC(COCCCCCCCCCCCCCCCCCCCC)COC1OC(COC2OC(CO)C(O)C(O)C2O)C(O)C(O)C1O. The van der Waals surface area contributed by atoms with Gasteiger partial charge in [-0.25, -0.2) is 0 Å². The molecule has 378 valence electrons. The lowest BCUT2D eigenvalue weighted by atomic mass is 9.98. The molecule has 11 atom stereocenters. The maximum atomic E-state index is 13.0.